The van der Waals surface area contributed by atoms with E-state index in [1.54, 1.807) is 4.68 Å². The van der Waals surface area contributed by atoms with Crippen LogP contribution in [0.15, 0.2) is 36.5 Å². The average Bonchev–Trinajstić information content (AvgIpc) is 2.82. The van der Waals surface area contributed by atoms with E-state index < -0.39 is 6.10 Å². The number of aliphatic hydroxyl groups excluding tert-OH is 1. The Balaban J connectivity index is 1.94. The molecule has 0 aliphatic carbocycles. The highest BCUT2D eigenvalue weighted by Gasteiger charge is 2.08. The summed E-state index contributed by atoms with van der Waals surface area (Å²) in [5, 5.41) is 17.4. The summed E-state index contributed by atoms with van der Waals surface area (Å²) in [6.07, 6.45) is 1.34. The maximum Gasteiger partial charge on any atom is 0.148 e. The standard InChI is InChI=1S/C15H21N3O/c1-11(2)12-4-6-13(7-5-12)14(19)10-16-15-8-9-18(3)17-15/h4-9,11,14,19H,10H2,1-3H3,(H,16,17). The number of rotatable bonds is 5. The summed E-state index contributed by atoms with van der Waals surface area (Å²) in [6, 6.07) is 10.0. The zero-order valence-electron chi connectivity index (χ0n) is 11.7. The maximum atomic E-state index is 10.1. The van der Waals surface area contributed by atoms with Crippen molar-refractivity contribution in [3.8, 4) is 0 Å². The van der Waals surface area contributed by atoms with Gasteiger partial charge in [-0.05, 0) is 17.0 Å². The van der Waals surface area contributed by atoms with Crippen LogP contribution in [0.4, 0.5) is 5.82 Å². The second-order valence-corrected chi connectivity index (χ2v) is 5.09. The van der Waals surface area contributed by atoms with Gasteiger partial charge in [0.1, 0.15) is 5.82 Å². The van der Waals surface area contributed by atoms with Gasteiger partial charge in [-0.3, -0.25) is 4.68 Å². The molecule has 1 atom stereocenters. The van der Waals surface area contributed by atoms with E-state index in [4.69, 9.17) is 0 Å². The van der Waals surface area contributed by atoms with E-state index in [0.717, 1.165) is 11.4 Å². The molecule has 2 N–H and O–H groups in total. The topological polar surface area (TPSA) is 50.1 Å². The van der Waals surface area contributed by atoms with Crippen LogP contribution in [-0.2, 0) is 7.05 Å². The second kappa shape index (κ2) is 5.89. The summed E-state index contributed by atoms with van der Waals surface area (Å²) in [4.78, 5) is 0. The van der Waals surface area contributed by atoms with Crippen LogP contribution in [0.2, 0.25) is 0 Å². The lowest BCUT2D eigenvalue weighted by Crippen LogP contribution is -2.12. The summed E-state index contributed by atoms with van der Waals surface area (Å²) in [5.74, 6) is 1.29. The van der Waals surface area contributed by atoms with Crippen LogP contribution in [0, 0.1) is 0 Å². The van der Waals surface area contributed by atoms with Crippen molar-refractivity contribution in [1.82, 2.24) is 9.78 Å². The molecule has 0 aliphatic rings. The molecular formula is C15H21N3O. The fourth-order valence-corrected chi connectivity index (χ4v) is 1.93. The van der Waals surface area contributed by atoms with Crippen LogP contribution in [0.5, 0.6) is 0 Å². The van der Waals surface area contributed by atoms with Crippen molar-refractivity contribution >= 4 is 5.82 Å². The Hall–Kier alpha value is -1.81. The van der Waals surface area contributed by atoms with Gasteiger partial charge in [0.05, 0.1) is 6.10 Å². The van der Waals surface area contributed by atoms with Crippen LogP contribution >= 0.6 is 0 Å². The fourth-order valence-electron chi connectivity index (χ4n) is 1.93. The molecule has 0 fully saturated rings. The van der Waals surface area contributed by atoms with Gasteiger partial charge in [-0.25, -0.2) is 0 Å². The Morgan fingerprint density at radius 2 is 1.79 bits per heavy atom. The summed E-state index contributed by atoms with van der Waals surface area (Å²) < 4.78 is 1.73. The van der Waals surface area contributed by atoms with Crippen LogP contribution < -0.4 is 5.32 Å². The lowest BCUT2D eigenvalue weighted by atomic mass is 10.00. The quantitative estimate of drug-likeness (QED) is 0.868. The van der Waals surface area contributed by atoms with Crippen LogP contribution in [0.25, 0.3) is 0 Å². The highest BCUT2D eigenvalue weighted by Crippen LogP contribution is 2.19. The number of aromatic nitrogens is 2. The SMILES string of the molecule is CC(C)c1ccc(C(O)CNc2ccn(C)n2)cc1. The first-order valence-electron chi connectivity index (χ1n) is 6.57. The number of aryl methyl sites for hydroxylation is 1. The van der Waals surface area contributed by atoms with Crippen molar-refractivity contribution < 1.29 is 5.11 Å². The monoisotopic (exact) mass is 259 g/mol. The number of hydrogen-bond acceptors (Lipinski definition) is 3. The van der Waals surface area contributed by atoms with E-state index in [2.05, 4.69) is 36.4 Å². The summed E-state index contributed by atoms with van der Waals surface area (Å²) in [5.41, 5.74) is 2.21. The van der Waals surface area contributed by atoms with Gasteiger partial charge in [0.15, 0.2) is 0 Å². The predicted octanol–water partition coefficient (Wildman–Crippen LogP) is 2.69. The van der Waals surface area contributed by atoms with Gasteiger partial charge in [0.2, 0.25) is 0 Å². The Morgan fingerprint density at radius 3 is 2.32 bits per heavy atom. The molecule has 1 unspecified atom stereocenters. The minimum atomic E-state index is -0.525. The van der Waals surface area contributed by atoms with Gasteiger partial charge in [-0.1, -0.05) is 38.1 Å². The van der Waals surface area contributed by atoms with E-state index in [-0.39, 0.29) is 0 Å². The molecule has 2 aromatic rings. The van der Waals surface area contributed by atoms with Crippen molar-refractivity contribution in [2.45, 2.75) is 25.9 Å². The number of anilines is 1. The summed E-state index contributed by atoms with van der Waals surface area (Å²) in [6.45, 7) is 4.78. The van der Waals surface area contributed by atoms with Crippen molar-refractivity contribution in [2.75, 3.05) is 11.9 Å². The van der Waals surface area contributed by atoms with Crippen molar-refractivity contribution in [3.63, 3.8) is 0 Å². The Bertz CT molecular complexity index is 516. The molecule has 2 rings (SSSR count). The van der Waals surface area contributed by atoms with Gasteiger partial charge in [-0.15, -0.1) is 0 Å². The lowest BCUT2D eigenvalue weighted by molar-refractivity contribution is 0.191. The first kappa shape index (κ1) is 13.6. The second-order valence-electron chi connectivity index (χ2n) is 5.09. The Morgan fingerprint density at radius 1 is 1.16 bits per heavy atom. The molecule has 1 aromatic carbocycles. The third-order valence-electron chi connectivity index (χ3n) is 3.18. The highest BCUT2D eigenvalue weighted by molar-refractivity contribution is 5.33. The molecule has 19 heavy (non-hydrogen) atoms. The molecule has 4 nitrogen and oxygen atoms in total. The van der Waals surface area contributed by atoms with Crippen LogP contribution in [0.1, 0.15) is 37.0 Å². The molecule has 0 bridgehead atoms. The number of aliphatic hydroxyl groups is 1. The normalized spacial score (nSPS) is 12.7. The van der Waals surface area contributed by atoms with Gasteiger partial charge in [0, 0.05) is 25.9 Å². The molecule has 0 amide bonds. The van der Waals surface area contributed by atoms with E-state index in [0.29, 0.717) is 12.5 Å². The number of nitrogens with zero attached hydrogens (tertiary/aromatic N) is 2. The minimum Gasteiger partial charge on any atom is -0.387 e. The molecule has 0 radical (unpaired) electrons. The molecule has 102 valence electrons. The number of benzene rings is 1. The van der Waals surface area contributed by atoms with Crippen LogP contribution in [-0.4, -0.2) is 21.4 Å². The highest BCUT2D eigenvalue weighted by atomic mass is 16.3. The van der Waals surface area contributed by atoms with Crippen molar-refractivity contribution in [3.05, 3.63) is 47.7 Å². The smallest absolute Gasteiger partial charge is 0.148 e. The van der Waals surface area contributed by atoms with Gasteiger partial charge in [-0.2, -0.15) is 5.10 Å². The Kier molecular flexibility index (Phi) is 4.22. The van der Waals surface area contributed by atoms with Gasteiger partial charge < -0.3 is 10.4 Å². The van der Waals surface area contributed by atoms with E-state index >= 15 is 0 Å². The summed E-state index contributed by atoms with van der Waals surface area (Å²) >= 11 is 0. The van der Waals surface area contributed by atoms with Crippen LogP contribution in [0.3, 0.4) is 0 Å². The average molecular weight is 259 g/mol. The molecular weight excluding hydrogens is 238 g/mol. The van der Waals surface area contributed by atoms with Crippen molar-refractivity contribution in [2.24, 2.45) is 7.05 Å². The van der Waals surface area contributed by atoms with E-state index in [1.165, 1.54) is 5.56 Å². The third kappa shape index (κ3) is 3.58. The number of nitrogens with one attached hydrogen (secondary N) is 1. The van der Waals surface area contributed by atoms with Gasteiger partial charge in [0.25, 0.3) is 0 Å². The predicted molar refractivity (Wildman–Crippen MR) is 77.2 cm³/mol. The fraction of sp³-hybridized carbons (Fsp3) is 0.400. The third-order valence-corrected chi connectivity index (χ3v) is 3.18. The molecule has 0 saturated heterocycles. The zero-order chi connectivity index (χ0) is 13.8. The Labute approximate surface area is 114 Å². The molecule has 0 aliphatic heterocycles. The summed E-state index contributed by atoms with van der Waals surface area (Å²) in [7, 11) is 1.87. The van der Waals surface area contributed by atoms with E-state index in [1.807, 2.05) is 31.4 Å². The minimum absolute atomic E-state index is 0.456. The number of hydrogen-bond donors (Lipinski definition) is 2. The molecule has 0 spiro atoms. The zero-order valence-corrected chi connectivity index (χ0v) is 11.7. The molecule has 1 aromatic heterocycles. The van der Waals surface area contributed by atoms with E-state index in [9.17, 15) is 5.11 Å². The first-order chi connectivity index (χ1) is 9.06. The molecule has 1 heterocycles. The van der Waals surface area contributed by atoms with Crippen molar-refractivity contribution in [1.29, 1.82) is 0 Å². The molecule has 0 saturated carbocycles. The maximum absolute atomic E-state index is 10.1. The largest absolute Gasteiger partial charge is 0.387 e. The molecule has 4 heteroatoms. The lowest BCUT2D eigenvalue weighted by Gasteiger charge is -2.13. The van der Waals surface area contributed by atoms with Gasteiger partial charge >= 0.3 is 0 Å². The first-order valence-corrected chi connectivity index (χ1v) is 6.57.